The molecule has 3 aromatic heterocycles. The molecule has 0 saturated carbocycles. The van der Waals surface area contributed by atoms with Gasteiger partial charge >= 0.3 is 0 Å². The van der Waals surface area contributed by atoms with Gasteiger partial charge in [0.2, 0.25) is 5.58 Å². The van der Waals surface area contributed by atoms with E-state index < -0.39 is 0 Å². The molecule has 9 nitrogen and oxygen atoms in total. The molecule has 0 atom stereocenters. The molecule has 33 heavy (non-hydrogen) atoms. The number of rotatable bonds is 6. The SMILES string of the molecule is O=C(c1cc(COc2nnc(Nc3ccc(Cl)cc3)c3ccoc23)ccn1)N1CCOCC1. The molecule has 0 spiro atoms. The highest BCUT2D eigenvalue weighted by Gasteiger charge is 2.20. The number of amides is 1. The van der Waals surface area contributed by atoms with Gasteiger partial charge in [-0.3, -0.25) is 9.78 Å². The molecule has 1 N–H and O–H groups in total. The predicted molar refractivity (Wildman–Crippen MR) is 122 cm³/mol. The standard InChI is InChI=1S/C23H20ClN5O4/c24-16-1-3-17(4-2-16)26-21-18-6-10-32-20(18)22(28-27-21)33-14-15-5-7-25-19(13-15)23(30)29-8-11-31-12-9-29/h1-7,10,13H,8-9,11-12,14H2,(H,26,27). The summed E-state index contributed by atoms with van der Waals surface area (Å²) < 4.78 is 16.8. The third-order valence-corrected chi connectivity index (χ3v) is 5.43. The van der Waals surface area contributed by atoms with Crippen molar-refractivity contribution in [3.05, 3.63) is 71.2 Å². The zero-order valence-corrected chi connectivity index (χ0v) is 18.3. The van der Waals surface area contributed by atoms with Crippen LogP contribution in [0, 0.1) is 0 Å². The number of carbonyl (C=O) groups is 1. The number of hydrogen-bond acceptors (Lipinski definition) is 8. The topological polar surface area (TPSA) is 103 Å². The molecule has 10 heteroatoms. The molecule has 0 bridgehead atoms. The zero-order valence-electron chi connectivity index (χ0n) is 17.5. The van der Waals surface area contributed by atoms with E-state index in [9.17, 15) is 4.79 Å². The summed E-state index contributed by atoms with van der Waals surface area (Å²) >= 11 is 5.95. The maximum Gasteiger partial charge on any atom is 0.278 e. The lowest BCUT2D eigenvalue weighted by Gasteiger charge is -2.26. The average molecular weight is 466 g/mol. The van der Waals surface area contributed by atoms with Crippen LogP contribution in [0.15, 0.2) is 59.3 Å². The molecule has 0 radical (unpaired) electrons. The highest BCUT2D eigenvalue weighted by atomic mass is 35.5. The molecule has 1 aromatic carbocycles. The Hall–Kier alpha value is -3.69. The van der Waals surface area contributed by atoms with Gasteiger partial charge in [-0.2, -0.15) is 0 Å². The van der Waals surface area contributed by atoms with Crippen molar-refractivity contribution < 1.29 is 18.7 Å². The number of carbonyl (C=O) groups excluding carboxylic acids is 1. The van der Waals surface area contributed by atoms with Crippen LogP contribution >= 0.6 is 11.6 Å². The number of ether oxygens (including phenoxy) is 2. The van der Waals surface area contributed by atoms with E-state index in [1.54, 1.807) is 47.7 Å². The van der Waals surface area contributed by atoms with Crippen LogP contribution in [0.1, 0.15) is 16.1 Å². The third kappa shape index (κ3) is 4.74. The van der Waals surface area contributed by atoms with Crippen molar-refractivity contribution >= 4 is 40.0 Å². The van der Waals surface area contributed by atoms with Crippen LogP contribution < -0.4 is 10.1 Å². The van der Waals surface area contributed by atoms with Crippen molar-refractivity contribution in [2.45, 2.75) is 6.61 Å². The number of halogens is 1. The average Bonchev–Trinajstić information content (AvgIpc) is 3.36. The number of hydrogen-bond donors (Lipinski definition) is 1. The minimum atomic E-state index is -0.119. The fourth-order valence-corrected chi connectivity index (χ4v) is 3.60. The van der Waals surface area contributed by atoms with Crippen LogP contribution in [0.3, 0.4) is 0 Å². The number of pyridine rings is 1. The van der Waals surface area contributed by atoms with Gasteiger partial charge in [0.05, 0.1) is 24.9 Å². The van der Waals surface area contributed by atoms with Crippen LogP contribution in [-0.2, 0) is 11.3 Å². The highest BCUT2D eigenvalue weighted by molar-refractivity contribution is 6.30. The molecule has 4 aromatic rings. The van der Waals surface area contributed by atoms with Gasteiger partial charge in [0.25, 0.3) is 11.8 Å². The van der Waals surface area contributed by atoms with Gasteiger partial charge in [-0.15, -0.1) is 10.2 Å². The number of anilines is 2. The summed E-state index contributed by atoms with van der Waals surface area (Å²) in [5, 5.41) is 13.0. The number of nitrogens with one attached hydrogen (secondary N) is 1. The number of aromatic nitrogens is 3. The quantitative estimate of drug-likeness (QED) is 0.454. The molecule has 168 valence electrons. The summed E-state index contributed by atoms with van der Waals surface area (Å²) in [6, 6.07) is 12.6. The molecular formula is C23H20ClN5O4. The summed E-state index contributed by atoms with van der Waals surface area (Å²) in [7, 11) is 0. The number of nitrogens with zero attached hydrogens (tertiary/aromatic N) is 4. The molecule has 1 amide bonds. The molecule has 4 heterocycles. The van der Waals surface area contributed by atoms with Crippen LogP contribution in [0.2, 0.25) is 5.02 Å². The van der Waals surface area contributed by atoms with Crippen LogP contribution in [0.4, 0.5) is 11.5 Å². The monoisotopic (exact) mass is 465 g/mol. The van der Waals surface area contributed by atoms with Crippen molar-refractivity contribution in [1.82, 2.24) is 20.1 Å². The number of benzene rings is 1. The second-order valence-corrected chi connectivity index (χ2v) is 7.83. The van der Waals surface area contributed by atoms with E-state index in [-0.39, 0.29) is 18.4 Å². The van der Waals surface area contributed by atoms with Gasteiger partial charge < -0.3 is 24.1 Å². The normalized spacial score (nSPS) is 13.8. The Balaban J connectivity index is 1.31. The summed E-state index contributed by atoms with van der Waals surface area (Å²) in [5.74, 6) is 0.677. The van der Waals surface area contributed by atoms with E-state index >= 15 is 0 Å². The Bertz CT molecular complexity index is 1270. The maximum atomic E-state index is 12.7. The summed E-state index contributed by atoms with van der Waals surface area (Å²) in [5.41, 5.74) is 2.44. The first kappa shape index (κ1) is 21.2. The summed E-state index contributed by atoms with van der Waals surface area (Å²) in [6.07, 6.45) is 3.15. The minimum absolute atomic E-state index is 0.119. The highest BCUT2D eigenvalue weighted by Crippen LogP contribution is 2.31. The lowest BCUT2D eigenvalue weighted by atomic mass is 10.2. The number of fused-ring (bicyclic) bond motifs is 1. The Labute approximate surface area is 194 Å². The smallest absolute Gasteiger partial charge is 0.278 e. The van der Waals surface area contributed by atoms with Gasteiger partial charge in [0, 0.05) is 30.0 Å². The summed E-state index contributed by atoms with van der Waals surface area (Å²) in [6.45, 7) is 2.37. The fourth-order valence-electron chi connectivity index (χ4n) is 3.47. The van der Waals surface area contributed by atoms with Gasteiger partial charge in [-0.25, -0.2) is 0 Å². The van der Waals surface area contributed by atoms with E-state index in [0.717, 1.165) is 16.6 Å². The van der Waals surface area contributed by atoms with Crippen molar-refractivity contribution in [2.24, 2.45) is 0 Å². The van der Waals surface area contributed by atoms with E-state index in [1.165, 1.54) is 0 Å². The molecule has 1 fully saturated rings. The van der Waals surface area contributed by atoms with Crippen LogP contribution in [-0.4, -0.2) is 52.3 Å². The Morgan fingerprint density at radius 2 is 1.94 bits per heavy atom. The first-order valence-electron chi connectivity index (χ1n) is 10.4. The first-order chi connectivity index (χ1) is 16.2. The Morgan fingerprint density at radius 3 is 2.76 bits per heavy atom. The van der Waals surface area contributed by atoms with Crippen LogP contribution in [0.25, 0.3) is 11.0 Å². The maximum absolute atomic E-state index is 12.7. The van der Waals surface area contributed by atoms with Gasteiger partial charge in [0.15, 0.2) is 5.82 Å². The molecule has 0 aliphatic carbocycles. The first-order valence-corrected chi connectivity index (χ1v) is 10.8. The second-order valence-electron chi connectivity index (χ2n) is 7.39. The van der Waals surface area contributed by atoms with E-state index in [4.69, 9.17) is 25.5 Å². The van der Waals surface area contributed by atoms with E-state index in [1.807, 2.05) is 12.1 Å². The number of morpholine rings is 1. The molecule has 1 aliphatic heterocycles. The van der Waals surface area contributed by atoms with E-state index in [0.29, 0.717) is 48.4 Å². The van der Waals surface area contributed by atoms with Crippen molar-refractivity contribution in [2.75, 3.05) is 31.6 Å². The lowest BCUT2D eigenvalue weighted by molar-refractivity contribution is 0.0299. The van der Waals surface area contributed by atoms with Gasteiger partial charge in [-0.05, 0) is 48.0 Å². The summed E-state index contributed by atoms with van der Waals surface area (Å²) in [4.78, 5) is 18.6. The molecule has 0 unspecified atom stereocenters. The third-order valence-electron chi connectivity index (χ3n) is 5.18. The largest absolute Gasteiger partial charge is 0.469 e. The molecular weight excluding hydrogens is 446 g/mol. The van der Waals surface area contributed by atoms with Gasteiger partial charge in [-0.1, -0.05) is 11.6 Å². The predicted octanol–water partition coefficient (Wildman–Crippen LogP) is 4.07. The van der Waals surface area contributed by atoms with Crippen molar-refractivity contribution in [3.8, 4) is 5.88 Å². The van der Waals surface area contributed by atoms with Crippen LogP contribution in [0.5, 0.6) is 5.88 Å². The number of furan rings is 1. The lowest BCUT2D eigenvalue weighted by Crippen LogP contribution is -2.41. The molecule has 1 saturated heterocycles. The molecule has 1 aliphatic rings. The molecule has 5 rings (SSSR count). The van der Waals surface area contributed by atoms with Gasteiger partial charge in [0.1, 0.15) is 12.3 Å². The fraction of sp³-hybridized carbons (Fsp3) is 0.217. The van der Waals surface area contributed by atoms with Crippen molar-refractivity contribution in [1.29, 1.82) is 0 Å². The Morgan fingerprint density at radius 1 is 1.12 bits per heavy atom. The van der Waals surface area contributed by atoms with Crippen molar-refractivity contribution in [3.63, 3.8) is 0 Å². The Kier molecular flexibility index (Phi) is 6.05. The minimum Gasteiger partial charge on any atom is -0.469 e. The van der Waals surface area contributed by atoms with E-state index in [2.05, 4.69) is 20.5 Å². The second kappa shape index (κ2) is 9.43. The zero-order chi connectivity index (χ0) is 22.6.